The molecule has 2 aromatic heterocycles. The van der Waals surface area contributed by atoms with Crippen LogP contribution in [0.2, 0.25) is 0 Å². The topological polar surface area (TPSA) is 78.5 Å². The Morgan fingerprint density at radius 3 is 1.70 bits per heavy atom. The molecular weight excluding hydrogens is 568 g/mol. The molecule has 46 heavy (non-hydrogen) atoms. The van der Waals surface area contributed by atoms with Gasteiger partial charge in [0, 0.05) is 17.3 Å². The molecule has 5 aromatic carbocycles. The minimum absolute atomic E-state index is 0.0509. The maximum Gasteiger partial charge on any atom is 0.254 e. The maximum atomic E-state index is 12.7. The summed E-state index contributed by atoms with van der Waals surface area (Å²) >= 11 is 0. The van der Waals surface area contributed by atoms with E-state index in [0.29, 0.717) is 18.2 Å². The van der Waals surface area contributed by atoms with E-state index in [0.717, 1.165) is 44.6 Å². The molecule has 0 fully saturated rings. The van der Waals surface area contributed by atoms with Crippen molar-refractivity contribution in [3.63, 3.8) is 0 Å². The average molecular weight is 601 g/mol. The van der Waals surface area contributed by atoms with Crippen molar-refractivity contribution >= 4 is 0 Å². The number of rotatable bonds is 8. The fourth-order valence-electron chi connectivity index (χ4n) is 6.34. The van der Waals surface area contributed by atoms with Crippen LogP contribution >= 0.6 is 0 Å². The highest BCUT2D eigenvalue weighted by Crippen LogP contribution is 2.43. The maximum absolute atomic E-state index is 12.7. The first-order valence-electron chi connectivity index (χ1n) is 15.2. The molecule has 7 heteroatoms. The van der Waals surface area contributed by atoms with Crippen molar-refractivity contribution in [3.05, 3.63) is 190 Å². The lowest BCUT2D eigenvalue weighted by molar-refractivity contribution is 0.451. The van der Waals surface area contributed by atoms with E-state index in [9.17, 15) is 4.79 Å². The highest BCUT2D eigenvalue weighted by molar-refractivity contribution is 5.81. The molecule has 7 aromatic rings. The minimum Gasteiger partial charge on any atom is -0.292 e. The van der Waals surface area contributed by atoms with Crippen molar-refractivity contribution in [2.24, 2.45) is 0 Å². The van der Waals surface area contributed by atoms with Crippen LogP contribution < -0.4 is 5.56 Å². The molecule has 0 unspecified atom stereocenters. The van der Waals surface area contributed by atoms with Gasteiger partial charge in [-0.05, 0) is 57.7 Å². The fourth-order valence-corrected chi connectivity index (χ4v) is 6.34. The number of nitrogens with zero attached hydrogens (tertiary/aromatic N) is 6. The molecule has 0 spiro atoms. The van der Waals surface area contributed by atoms with Crippen molar-refractivity contribution in [3.8, 4) is 22.5 Å². The van der Waals surface area contributed by atoms with Crippen LogP contribution in [0.1, 0.15) is 33.8 Å². The average Bonchev–Trinajstić information content (AvgIpc) is 3.59. The Morgan fingerprint density at radius 2 is 1.15 bits per heavy atom. The first-order chi connectivity index (χ1) is 22.6. The van der Waals surface area contributed by atoms with Gasteiger partial charge in [-0.1, -0.05) is 140 Å². The predicted octanol–water partition coefficient (Wildman–Crippen LogP) is 7.07. The third-order valence-corrected chi connectivity index (χ3v) is 8.46. The van der Waals surface area contributed by atoms with Gasteiger partial charge in [0.15, 0.2) is 5.82 Å². The van der Waals surface area contributed by atoms with Crippen LogP contribution in [0.25, 0.3) is 22.5 Å². The van der Waals surface area contributed by atoms with Gasteiger partial charge >= 0.3 is 0 Å². The molecule has 0 N–H and O–H groups in total. The van der Waals surface area contributed by atoms with Gasteiger partial charge in [-0.15, -0.1) is 5.10 Å². The summed E-state index contributed by atoms with van der Waals surface area (Å²) in [5.74, 6) is 1.34. The van der Waals surface area contributed by atoms with Crippen molar-refractivity contribution in [2.75, 3.05) is 0 Å². The fraction of sp³-hybridized carbons (Fsp3) is 0.103. The monoisotopic (exact) mass is 600 g/mol. The predicted molar refractivity (Wildman–Crippen MR) is 180 cm³/mol. The molecule has 224 valence electrons. The molecular formula is C39H32N6O. The SMILES string of the molecule is Cc1cc(=O)n(Cc2ccc(-c3ccccc3-c3nnnn3C(c3ccccc3)(c3ccccc3)c3ccccc3)cc2)c(C)n1. The summed E-state index contributed by atoms with van der Waals surface area (Å²) < 4.78 is 3.65. The second-order valence-electron chi connectivity index (χ2n) is 11.3. The normalized spacial score (nSPS) is 11.4. The van der Waals surface area contributed by atoms with Crippen LogP contribution in [0, 0.1) is 13.8 Å². The minimum atomic E-state index is -0.854. The van der Waals surface area contributed by atoms with E-state index < -0.39 is 5.54 Å². The molecule has 0 bridgehead atoms. The van der Waals surface area contributed by atoms with E-state index in [4.69, 9.17) is 5.21 Å². The van der Waals surface area contributed by atoms with Crippen LogP contribution in [-0.2, 0) is 12.1 Å². The Bertz CT molecular complexity index is 2060. The Labute approximate surface area is 267 Å². The zero-order valence-corrected chi connectivity index (χ0v) is 25.7. The van der Waals surface area contributed by atoms with E-state index in [1.807, 2.05) is 48.9 Å². The first-order valence-corrected chi connectivity index (χ1v) is 15.2. The highest BCUT2D eigenvalue weighted by Gasteiger charge is 2.42. The third-order valence-electron chi connectivity index (χ3n) is 8.46. The van der Waals surface area contributed by atoms with E-state index in [1.54, 1.807) is 10.6 Å². The molecule has 2 heterocycles. The molecule has 0 aliphatic heterocycles. The van der Waals surface area contributed by atoms with Crippen molar-refractivity contribution in [1.29, 1.82) is 0 Å². The van der Waals surface area contributed by atoms with E-state index >= 15 is 0 Å². The van der Waals surface area contributed by atoms with E-state index in [2.05, 4.69) is 124 Å². The van der Waals surface area contributed by atoms with Gasteiger partial charge in [-0.25, -0.2) is 9.67 Å². The summed E-state index contributed by atoms with van der Waals surface area (Å²) in [6.07, 6.45) is 0. The van der Waals surface area contributed by atoms with Gasteiger partial charge in [0.25, 0.3) is 5.56 Å². The summed E-state index contributed by atoms with van der Waals surface area (Å²) in [5.41, 5.74) is 6.88. The van der Waals surface area contributed by atoms with Gasteiger partial charge in [0.05, 0.1) is 6.54 Å². The zero-order chi connectivity index (χ0) is 31.5. The largest absolute Gasteiger partial charge is 0.292 e. The smallest absolute Gasteiger partial charge is 0.254 e. The van der Waals surface area contributed by atoms with Crippen molar-refractivity contribution in [2.45, 2.75) is 25.9 Å². The second-order valence-corrected chi connectivity index (χ2v) is 11.3. The quantitative estimate of drug-likeness (QED) is 0.174. The van der Waals surface area contributed by atoms with Crippen LogP contribution in [0.4, 0.5) is 0 Å². The first kappa shape index (κ1) is 28.8. The summed E-state index contributed by atoms with van der Waals surface area (Å²) in [4.78, 5) is 17.1. The van der Waals surface area contributed by atoms with Gasteiger partial charge in [-0.3, -0.25) is 9.36 Å². The van der Waals surface area contributed by atoms with Crippen LogP contribution in [0.3, 0.4) is 0 Å². The number of aromatic nitrogens is 6. The van der Waals surface area contributed by atoms with Crippen LogP contribution in [-0.4, -0.2) is 29.8 Å². The number of hydrogen-bond acceptors (Lipinski definition) is 5. The number of aryl methyl sites for hydroxylation is 2. The summed E-state index contributed by atoms with van der Waals surface area (Å²) in [6.45, 7) is 4.15. The molecule has 7 nitrogen and oxygen atoms in total. The summed E-state index contributed by atoms with van der Waals surface area (Å²) in [7, 11) is 0. The van der Waals surface area contributed by atoms with Gasteiger partial charge < -0.3 is 0 Å². The Morgan fingerprint density at radius 1 is 0.630 bits per heavy atom. The zero-order valence-electron chi connectivity index (χ0n) is 25.7. The third kappa shape index (κ3) is 5.12. The van der Waals surface area contributed by atoms with Crippen LogP contribution in [0.5, 0.6) is 0 Å². The van der Waals surface area contributed by atoms with E-state index in [-0.39, 0.29) is 5.56 Å². The molecule has 0 atom stereocenters. The lowest BCUT2D eigenvalue weighted by atomic mass is 9.77. The van der Waals surface area contributed by atoms with Gasteiger partial charge in [0.2, 0.25) is 0 Å². The molecule has 0 aliphatic carbocycles. The van der Waals surface area contributed by atoms with Crippen molar-refractivity contribution in [1.82, 2.24) is 29.8 Å². The highest BCUT2D eigenvalue weighted by atomic mass is 16.1. The van der Waals surface area contributed by atoms with Crippen molar-refractivity contribution < 1.29 is 0 Å². The lowest BCUT2D eigenvalue weighted by Gasteiger charge is -2.36. The molecule has 0 aliphatic rings. The Balaban J connectivity index is 1.38. The Hall–Kier alpha value is -5.95. The van der Waals surface area contributed by atoms with Gasteiger partial charge in [0.1, 0.15) is 11.4 Å². The second kappa shape index (κ2) is 12.2. The van der Waals surface area contributed by atoms with Gasteiger partial charge in [-0.2, -0.15) is 0 Å². The summed E-state index contributed by atoms with van der Waals surface area (Å²) in [5, 5.41) is 13.7. The molecule has 0 amide bonds. The molecule has 0 radical (unpaired) electrons. The lowest BCUT2D eigenvalue weighted by Crippen LogP contribution is -2.39. The molecule has 0 saturated carbocycles. The number of hydrogen-bond donors (Lipinski definition) is 0. The Kier molecular flexibility index (Phi) is 7.64. The van der Waals surface area contributed by atoms with Crippen LogP contribution in [0.15, 0.2) is 150 Å². The standard InChI is InChI=1S/C39H32N6O/c1-28-26-37(46)44(29(2)40-28)27-30-22-24-31(25-23-30)35-20-12-13-21-36(35)38-41-42-43-45(38)39(32-14-6-3-7-15-32,33-16-8-4-9-17-33)34-18-10-5-11-19-34/h3-26H,27H2,1-2H3. The molecule has 7 rings (SSSR count). The number of tetrazole rings is 1. The molecule has 0 saturated heterocycles. The van der Waals surface area contributed by atoms with E-state index in [1.165, 1.54) is 0 Å². The summed E-state index contributed by atoms with van der Waals surface area (Å²) in [6, 6.07) is 49.3. The number of benzene rings is 5.